The molecule has 0 aromatic heterocycles. The van der Waals surface area contributed by atoms with Crippen LogP contribution in [0.4, 0.5) is 10.1 Å². The van der Waals surface area contributed by atoms with Crippen LogP contribution in [-0.4, -0.2) is 17.7 Å². The van der Waals surface area contributed by atoms with E-state index in [-0.39, 0.29) is 42.4 Å². The van der Waals surface area contributed by atoms with E-state index >= 15 is 0 Å². The van der Waals surface area contributed by atoms with E-state index in [9.17, 15) is 18.8 Å². The molecule has 3 amide bonds. The standard InChI is InChI=1S/C19H17FN2O3/c1-12-9-17(23)22(19(12)25)16-4-2-3-14(10-16)18(24)21-11-13-5-7-15(20)8-6-13/h2-8,10,12H,9,11H2,1H3,(H,21,24). The van der Waals surface area contributed by atoms with E-state index in [2.05, 4.69) is 5.32 Å². The van der Waals surface area contributed by atoms with Gasteiger partial charge in [0.1, 0.15) is 5.82 Å². The van der Waals surface area contributed by atoms with Crippen molar-refractivity contribution in [2.75, 3.05) is 4.90 Å². The molecule has 0 spiro atoms. The first kappa shape index (κ1) is 16.8. The van der Waals surface area contributed by atoms with Crippen LogP contribution in [0.5, 0.6) is 0 Å². The molecule has 2 aromatic carbocycles. The molecule has 1 aliphatic heterocycles. The molecule has 0 saturated carbocycles. The van der Waals surface area contributed by atoms with Gasteiger partial charge in [-0.25, -0.2) is 4.39 Å². The van der Waals surface area contributed by atoms with Crippen molar-refractivity contribution in [1.29, 1.82) is 0 Å². The summed E-state index contributed by atoms with van der Waals surface area (Å²) >= 11 is 0. The number of imide groups is 1. The maximum Gasteiger partial charge on any atom is 0.251 e. The van der Waals surface area contributed by atoms with Gasteiger partial charge in [0.15, 0.2) is 0 Å². The number of anilines is 1. The first-order chi connectivity index (χ1) is 12.0. The molecule has 1 aliphatic rings. The summed E-state index contributed by atoms with van der Waals surface area (Å²) in [6.45, 7) is 1.96. The maximum absolute atomic E-state index is 12.9. The first-order valence-corrected chi connectivity index (χ1v) is 7.95. The van der Waals surface area contributed by atoms with Gasteiger partial charge in [0.05, 0.1) is 5.69 Å². The molecular formula is C19H17FN2O3. The molecule has 1 fully saturated rings. The summed E-state index contributed by atoms with van der Waals surface area (Å²) in [7, 11) is 0. The van der Waals surface area contributed by atoms with E-state index < -0.39 is 0 Å². The summed E-state index contributed by atoms with van der Waals surface area (Å²) < 4.78 is 12.9. The molecular weight excluding hydrogens is 323 g/mol. The quantitative estimate of drug-likeness (QED) is 0.870. The van der Waals surface area contributed by atoms with Crippen molar-refractivity contribution in [2.24, 2.45) is 5.92 Å². The summed E-state index contributed by atoms with van der Waals surface area (Å²) in [5.74, 6) is -1.53. The Morgan fingerprint density at radius 1 is 1.20 bits per heavy atom. The largest absolute Gasteiger partial charge is 0.348 e. The summed E-state index contributed by atoms with van der Waals surface area (Å²) in [5, 5.41) is 2.73. The predicted octanol–water partition coefficient (Wildman–Crippen LogP) is 2.66. The van der Waals surface area contributed by atoms with E-state index in [0.717, 1.165) is 10.5 Å². The Labute approximate surface area is 144 Å². The monoisotopic (exact) mass is 340 g/mol. The zero-order chi connectivity index (χ0) is 18.0. The molecule has 25 heavy (non-hydrogen) atoms. The summed E-state index contributed by atoms with van der Waals surface area (Å²) in [4.78, 5) is 37.5. The molecule has 0 aliphatic carbocycles. The Balaban J connectivity index is 1.72. The van der Waals surface area contributed by atoms with Crippen molar-refractivity contribution in [2.45, 2.75) is 19.9 Å². The highest BCUT2D eigenvalue weighted by molar-refractivity contribution is 6.21. The molecule has 1 heterocycles. The molecule has 0 bridgehead atoms. The van der Waals surface area contributed by atoms with Crippen LogP contribution in [0.2, 0.25) is 0 Å². The summed E-state index contributed by atoms with van der Waals surface area (Å²) in [5.41, 5.74) is 1.51. The number of benzene rings is 2. The zero-order valence-corrected chi connectivity index (χ0v) is 13.7. The number of halogens is 1. The number of nitrogens with zero attached hydrogens (tertiary/aromatic N) is 1. The normalized spacial score (nSPS) is 17.0. The lowest BCUT2D eigenvalue weighted by atomic mass is 10.1. The topological polar surface area (TPSA) is 66.5 Å². The number of hydrogen-bond donors (Lipinski definition) is 1. The number of hydrogen-bond acceptors (Lipinski definition) is 3. The van der Waals surface area contributed by atoms with Gasteiger partial charge in [-0.05, 0) is 35.9 Å². The highest BCUT2D eigenvalue weighted by Crippen LogP contribution is 2.26. The molecule has 0 radical (unpaired) electrons. The summed E-state index contributed by atoms with van der Waals surface area (Å²) in [6, 6.07) is 12.2. The second-order valence-electron chi connectivity index (χ2n) is 6.03. The van der Waals surface area contributed by atoms with Crippen molar-refractivity contribution in [3.05, 3.63) is 65.5 Å². The molecule has 128 valence electrons. The fourth-order valence-electron chi connectivity index (χ4n) is 2.73. The number of carbonyl (C=O) groups is 3. The Morgan fingerprint density at radius 3 is 2.56 bits per heavy atom. The minimum Gasteiger partial charge on any atom is -0.348 e. The van der Waals surface area contributed by atoms with Crippen LogP contribution < -0.4 is 10.2 Å². The van der Waals surface area contributed by atoms with E-state index in [0.29, 0.717) is 11.3 Å². The fraction of sp³-hybridized carbons (Fsp3) is 0.211. The van der Waals surface area contributed by atoms with Gasteiger partial charge in [0.25, 0.3) is 5.91 Å². The number of carbonyl (C=O) groups excluding carboxylic acids is 3. The van der Waals surface area contributed by atoms with Gasteiger partial charge in [0, 0.05) is 24.4 Å². The van der Waals surface area contributed by atoms with Gasteiger partial charge in [-0.15, -0.1) is 0 Å². The lowest BCUT2D eigenvalue weighted by Crippen LogP contribution is -2.30. The second-order valence-corrected chi connectivity index (χ2v) is 6.03. The zero-order valence-electron chi connectivity index (χ0n) is 13.7. The van der Waals surface area contributed by atoms with Crippen molar-refractivity contribution in [3.63, 3.8) is 0 Å². The highest BCUT2D eigenvalue weighted by atomic mass is 19.1. The molecule has 1 N–H and O–H groups in total. The lowest BCUT2D eigenvalue weighted by molar-refractivity contribution is -0.122. The molecule has 2 aromatic rings. The Kier molecular flexibility index (Phi) is 4.61. The van der Waals surface area contributed by atoms with Gasteiger partial charge in [-0.3, -0.25) is 19.3 Å². The van der Waals surface area contributed by atoms with Crippen LogP contribution in [-0.2, 0) is 16.1 Å². The van der Waals surface area contributed by atoms with Crippen LogP contribution in [0.3, 0.4) is 0 Å². The van der Waals surface area contributed by atoms with Crippen molar-refractivity contribution < 1.29 is 18.8 Å². The average Bonchev–Trinajstić information content (AvgIpc) is 2.86. The van der Waals surface area contributed by atoms with Crippen molar-refractivity contribution >= 4 is 23.4 Å². The van der Waals surface area contributed by atoms with Gasteiger partial charge < -0.3 is 5.32 Å². The number of nitrogens with one attached hydrogen (secondary N) is 1. The minimum absolute atomic E-state index is 0.180. The third-order valence-corrected chi connectivity index (χ3v) is 4.11. The second kappa shape index (κ2) is 6.84. The highest BCUT2D eigenvalue weighted by Gasteiger charge is 2.36. The number of rotatable bonds is 4. The lowest BCUT2D eigenvalue weighted by Gasteiger charge is -2.15. The van der Waals surface area contributed by atoms with Crippen LogP contribution in [0.1, 0.15) is 29.3 Å². The third kappa shape index (κ3) is 3.57. The number of amides is 3. The maximum atomic E-state index is 12.9. The van der Waals surface area contributed by atoms with Gasteiger partial charge in [0.2, 0.25) is 11.8 Å². The smallest absolute Gasteiger partial charge is 0.251 e. The molecule has 5 nitrogen and oxygen atoms in total. The average molecular weight is 340 g/mol. The molecule has 1 saturated heterocycles. The SMILES string of the molecule is CC1CC(=O)N(c2cccc(C(=O)NCc3ccc(F)cc3)c2)C1=O. The Hall–Kier alpha value is -3.02. The fourth-order valence-corrected chi connectivity index (χ4v) is 2.73. The first-order valence-electron chi connectivity index (χ1n) is 7.95. The molecule has 1 unspecified atom stereocenters. The van der Waals surface area contributed by atoms with Gasteiger partial charge in [-0.2, -0.15) is 0 Å². The third-order valence-electron chi connectivity index (χ3n) is 4.11. The molecule has 6 heteroatoms. The summed E-state index contributed by atoms with van der Waals surface area (Å²) in [6.07, 6.45) is 0.180. The molecule has 3 rings (SSSR count). The minimum atomic E-state index is -0.344. The molecule has 1 atom stereocenters. The van der Waals surface area contributed by atoms with E-state index in [1.165, 1.54) is 18.2 Å². The van der Waals surface area contributed by atoms with Crippen molar-refractivity contribution in [3.8, 4) is 0 Å². The van der Waals surface area contributed by atoms with E-state index in [1.54, 1.807) is 37.3 Å². The van der Waals surface area contributed by atoms with Crippen LogP contribution in [0, 0.1) is 11.7 Å². The van der Waals surface area contributed by atoms with Gasteiger partial charge >= 0.3 is 0 Å². The Bertz CT molecular complexity index is 833. The van der Waals surface area contributed by atoms with E-state index in [1.807, 2.05) is 0 Å². The van der Waals surface area contributed by atoms with E-state index in [4.69, 9.17) is 0 Å². The van der Waals surface area contributed by atoms with Gasteiger partial charge in [-0.1, -0.05) is 25.1 Å². The predicted molar refractivity (Wildman–Crippen MR) is 90.3 cm³/mol. The van der Waals surface area contributed by atoms with Crippen LogP contribution in [0.15, 0.2) is 48.5 Å². The van der Waals surface area contributed by atoms with Crippen LogP contribution >= 0.6 is 0 Å². The van der Waals surface area contributed by atoms with Crippen molar-refractivity contribution in [1.82, 2.24) is 5.32 Å². The van der Waals surface area contributed by atoms with Crippen LogP contribution in [0.25, 0.3) is 0 Å². The Morgan fingerprint density at radius 2 is 1.92 bits per heavy atom.